The van der Waals surface area contributed by atoms with Crippen LogP contribution in [0.15, 0.2) is 24.3 Å². The monoisotopic (exact) mass is 188 g/mol. The molecule has 3 heteroatoms. The number of thiol groups is 1. The minimum atomic E-state index is 0.572. The fourth-order valence-electron chi connectivity index (χ4n) is 0.622. The number of halogens is 1. The van der Waals surface area contributed by atoms with Crippen LogP contribution in [0.25, 0.3) is 0 Å². The minimum Gasteiger partial charge on any atom is -0.131 e. The number of thiocarbonyl (C=S) groups is 1. The molecule has 1 rings (SSSR count). The van der Waals surface area contributed by atoms with E-state index in [9.17, 15) is 0 Å². The Bertz CT molecular complexity index is 258. The molecule has 0 bridgehead atoms. The highest BCUT2D eigenvalue weighted by atomic mass is 35.5. The van der Waals surface area contributed by atoms with E-state index in [1.54, 1.807) is 12.1 Å². The van der Waals surface area contributed by atoms with Crippen molar-refractivity contribution in [2.24, 2.45) is 0 Å². The second kappa shape index (κ2) is 3.37. The first-order chi connectivity index (χ1) is 4.70. The molecule has 0 amide bonds. The molecule has 1 aromatic carbocycles. The van der Waals surface area contributed by atoms with Gasteiger partial charge in [0, 0.05) is 10.6 Å². The van der Waals surface area contributed by atoms with Crippen molar-refractivity contribution in [1.82, 2.24) is 0 Å². The fraction of sp³-hybridized carbons (Fsp3) is 0. The molecular weight excluding hydrogens is 184 g/mol. The Morgan fingerprint density at radius 3 is 2.60 bits per heavy atom. The molecule has 0 spiro atoms. The Kier molecular flexibility index (Phi) is 2.72. The summed E-state index contributed by atoms with van der Waals surface area (Å²) in [7, 11) is 0. The summed E-state index contributed by atoms with van der Waals surface area (Å²) in [5.74, 6) is 0. The Morgan fingerprint density at radius 2 is 2.20 bits per heavy atom. The first kappa shape index (κ1) is 8.05. The molecule has 0 unspecified atom stereocenters. The molecule has 0 aromatic heterocycles. The predicted octanol–water partition coefficient (Wildman–Crippen LogP) is 2.95. The molecule has 0 radical (unpaired) electrons. The summed E-state index contributed by atoms with van der Waals surface area (Å²) in [5.41, 5.74) is 0.894. The summed E-state index contributed by atoms with van der Waals surface area (Å²) >= 11 is 14.5. The maximum absolute atomic E-state index is 5.70. The lowest BCUT2D eigenvalue weighted by Gasteiger charge is -1.95. The molecular formula is C7H5ClS2. The lowest BCUT2D eigenvalue weighted by Crippen LogP contribution is -1.84. The molecule has 0 heterocycles. The van der Waals surface area contributed by atoms with Gasteiger partial charge < -0.3 is 0 Å². The Morgan fingerprint density at radius 1 is 1.50 bits per heavy atom. The van der Waals surface area contributed by atoms with Crippen LogP contribution >= 0.6 is 36.4 Å². The van der Waals surface area contributed by atoms with Gasteiger partial charge >= 0.3 is 0 Å². The normalized spacial score (nSPS) is 9.40. The van der Waals surface area contributed by atoms with Gasteiger partial charge in [-0.1, -0.05) is 36.0 Å². The van der Waals surface area contributed by atoms with Gasteiger partial charge in [0.05, 0.1) is 4.20 Å². The third-order valence-electron chi connectivity index (χ3n) is 1.07. The van der Waals surface area contributed by atoms with E-state index in [-0.39, 0.29) is 0 Å². The number of rotatable bonds is 1. The van der Waals surface area contributed by atoms with Crippen molar-refractivity contribution >= 4 is 40.6 Å². The molecule has 1 aromatic rings. The van der Waals surface area contributed by atoms with Gasteiger partial charge in [-0.2, -0.15) is 0 Å². The van der Waals surface area contributed by atoms with E-state index >= 15 is 0 Å². The lowest BCUT2D eigenvalue weighted by molar-refractivity contribution is 1.68. The molecule has 52 valence electrons. The molecule has 0 atom stereocenters. The van der Waals surface area contributed by atoms with Gasteiger partial charge in [0.25, 0.3) is 0 Å². The van der Waals surface area contributed by atoms with Crippen molar-refractivity contribution in [3.63, 3.8) is 0 Å². The summed E-state index contributed by atoms with van der Waals surface area (Å²) in [5, 5.41) is 0.689. The largest absolute Gasteiger partial charge is 0.131 e. The maximum atomic E-state index is 5.70. The Balaban J connectivity index is 3.07. The van der Waals surface area contributed by atoms with Gasteiger partial charge in [-0.05, 0) is 12.1 Å². The second-order valence-electron chi connectivity index (χ2n) is 1.82. The standard InChI is InChI=1S/C7H5ClS2/c8-6-3-1-2-5(4-6)7(9)10/h1-4H,(H,9,10). The first-order valence-corrected chi connectivity index (χ1v) is 3.92. The van der Waals surface area contributed by atoms with Crippen molar-refractivity contribution in [3.05, 3.63) is 34.9 Å². The highest BCUT2D eigenvalue weighted by molar-refractivity contribution is 8.11. The van der Waals surface area contributed by atoms with E-state index in [1.165, 1.54) is 0 Å². The molecule has 0 aliphatic rings. The molecule has 0 aliphatic heterocycles. The average molecular weight is 189 g/mol. The quantitative estimate of drug-likeness (QED) is 0.523. The third kappa shape index (κ3) is 1.97. The van der Waals surface area contributed by atoms with Crippen LogP contribution < -0.4 is 0 Å². The molecule has 0 N–H and O–H groups in total. The van der Waals surface area contributed by atoms with Gasteiger partial charge in [0.15, 0.2) is 0 Å². The Labute approximate surface area is 75.6 Å². The van der Waals surface area contributed by atoms with Crippen LogP contribution in [-0.2, 0) is 0 Å². The van der Waals surface area contributed by atoms with Crippen LogP contribution in [0, 0.1) is 0 Å². The molecule has 0 fully saturated rings. The summed E-state index contributed by atoms with van der Waals surface area (Å²) in [4.78, 5) is 0. The molecule has 10 heavy (non-hydrogen) atoms. The predicted molar refractivity (Wildman–Crippen MR) is 52.1 cm³/mol. The summed E-state index contributed by atoms with van der Waals surface area (Å²) in [6, 6.07) is 7.31. The highest BCUT2D eigenvalue weighted by Gasteiger charge is 1.94. The molecule has 0 saturated carbocycles. The minimum absolute atomic E-state index is 0.572. The summed E-state index contributed by atoms with van der Waals surface area (Å²) < 4.78 is 0.572. The van der Waals surface area contributed by atoms with Crippen molar-refractivity contribution in [1.29, 1.82) is 0 Å². The van der Waals surface area contributed by atoms with Gasteiger partial charge in [0.1, 0.15) is 0 Å². The molecule has 0 saturated heterocycles. The van der Waals surface area contributed by atoms with E-state index in [1.807, 2.05) is 12.1 Å². The second-order valence-corrected chi connectivity index (χ2v) is 3.41. The smallest absolute Gasteiger partial charge is 0.0748 e. The van der Waals surface area contributed by atoms with Crippen molar-refractivity contribution in [3.8, 4) is 0 Å². The van der Waals surface area contributed by atoms with Crippen molar-refractivity contribution < 1.29 is 0 Å². The zero-order chi connectivity index (χ0) is 7.56. The number of benzene rings is 1. The van der Waals surface area contributed by atoms with Crippen LogP contribution in [-0.4, -0.2) is 4.20 Å². The maximum Gasteiger partial charge on any atom is 0.0748 e. The van der Waals surface area contributed by atoms with Crippen molar-refractivity contribution in [2.75, 3.05) is 0 Å². The Hall–Kier alpha value is -0.0500. The number of hydrogen-bond donors (Lipinski definition) is 1. The lowest BCUT2D eigenvalue weighted by atomic mass is 10.2. The summed E-state index contributed by atoms with van der Waals surface area (Å²) in [6.45, 7) is 0. The average Bonchev–Trinajstić information content (AvgIpc) is 1.88. The SMILES string of the molecule is S=C(S)c1cccc(Cl)c1. The van der Waals surface area contributed by atoms with Gasteiger partial charge in [0.2, 0.25) is 0 Å². The van der Waals surface area contributed by atoms with E-state index in [0.717, 1.165) is 5.56 Å². The molecule has 0 nitrogen and oxygen atoms in total. The fourth-order valence-corrected chi connectivity index (χ4v) is 1.08. The van der Waals surface area contributed by atoms with Crippen LogP contribution in [0.4, 0.5) is 0 Å². The van der Waals surface area contributed by atoms with E-state index in [2.05, 4.69) is 12.6 Å². The van der Waals surface area contributed by atoms with Gasteiger partial charge in [-0.25, -0.2) is 0 Å². The van der Waals surface area contributed by atoms with E-state index in [4.69, 9.17) is 23.8 Å². The zero-order valence-electron chi connectivity index (χ0n) is 5.04. The third-order valence-corrected chi connectivity index (χ3v) is 1.80. The van der Waals surface area contributed by atoms with Gasteiger partial charge in [-0.15, -0.1) is 12.6 Å². The first-order valence-electron chi connectivity index (χ1n) is 2.69. The number of hydrogen-bond acceptors (Lipinski definition) is 1. The van der Waals surface area contributed by atoms with Crippen LogP contribution in [0.2, 0.25) is 5.02 Å². The van der Waals surface area contributed by atoms with Crippen LogP contribution in [0.5, 0.6) is 0 Å². The zero-order valence-corrected chi connectivity index (χ0v) is 7.51. The van der Waals surface area contributed by atoms with Gasteiger partial charge in [-0.3, -0.25) is 0 Å². The summed E-state index contributed by atoms with van der Waals surface area (Å²) in [6.07, 6.45) is 0. The topological polar surface area (TPSA) is 0 Å². The van der Waals surface area contributed by atoms with E-state index in [0.29, 0.717) is 9.22 Å². The van der Waals surface area contributed by atoms with E-state index < -0.39 is 0 Å². The van der Waals surface area contributed by atoms with Crippen LogP contribution in [0.1, 0.15) is 5.56 Å². The van der Waals surface area contributed by atoms with Crippen LogP contribution in [0.3, 0.4) is 0 Å². The molecule has 0 aliphatic carbocycles. The van der Waals surface area contributed by atoms with Crippen molar-refractivity contribution in [2.45, 2.75) is 0 Å². The highest BCUT2D eigenvalue weighted by Crippen LogP contribution is 2.12.